The summed E-state index contributed by atoms with van der Waals surface area (Å²) >= 11 is 1.26. The fourth-order valence-corrected chi connectivity index (χ4v) is 2.33. The normalized spacial score (nSPS) is 10.1. The minimum absolute atomic E-state index is 0.433. The van der Waals surface area contributed by atoms with Gasteiger partial charge in [-0.3, -0.25) is 0 Å². The number of nitrogens with two attached hydrogens (primary N) is 1. The standard InChI is InChI=1S/C12H11N5S/c1-7-3-8(2)17-12(16-7)18-11-9(5-13)4-10(14)6-15-11/h3-4,6H,14H2,1-2H3. The molecule has 0 radical (unpaired) electrons. The maximum absolute atomic E-state index is 9.03. The van der Waals surface area contributed by atoms with Gasteiger partial charge in [0.2, 0.25) is 0 Å². The quantitative estimate of drug-likeness (QED) is 0.829. The van der Waals surface area contributed by atoms with Gasteiger partial charge < -0.3 is 5.73 Å². The van der Waals surface area contributed by atoms with Crippen LogP contribution in [0.3, 0.4) is 0 Å². The van der Waals surface area contributed by atoms with Crippen LogP contribution in [0.15, 0.2) is 28.5 Å². The summed E-state index contributed by atoms with van der Waals surface area (Å²) in [4.78, 5) is 12.7. The summed E-state index contributed by atoms with van der Waals surface area (Å²) in [6.45, 7) is 3.81. The van der Waals surface area contributed by atoms with Crippen LogP contribution in [0.2, 0.25) is 0 Å². The molecule has 2 aromatic rings. The SMILES string of the molecule is Cc1cc(C)nc(Sc2ncc(N)cc2C#N)n1. The highest BCUT2D eigenvalue weighted by Crippen LogP contribution is 2.26. The molecule has 0 fully saturated rings. The molecule has 6 heteroatoms. The fraction of sp³-hybridized carbons (Fsp3) is 0.167. The van der Waals surface area contributed by atoms with E-state index in [4.69, 9.17) is 11.0 Å². The van der Waals surface area contributed by atoms with Crippen LogP contribution in [-0.2, 0) is 0 Å². The summed E-state index contributed by atoms with van der Waals surface area (Å²) in [5, 5.41) is 10.2. The number of hydrogen-bond acceptors (Lipinski definition) is 6. The second-order valence-electron chi connectivity index (χ2n) is 3.77. The number of aryl methyl sites for hydroxylation is 2. The van der Waals surface area contributed by atoms with Crippen LogP contribution in [-0.4, -0.2) is 15.0 Å². The molecule has 90 valence electrons. The molecule has 0 bridgehead atoms. The smallest absolute Gasteiger partial charge is 0.194 e. The van der Waals surface area contributed by atoms with Gasteiger partial charge in [0.15, 0.2) is 5.16 Å². The molecule has 0 aromatic carbocycles. The Morgan fingerprint density at radius 2 is 1.89 bits per heavy atom. The van der Waals surface area contributed by atoms with Crippen molar-refractivity contribution in [2.24, 2.45) is 0 Å². The van der Waals surface area contributed by atoms with E-state index >= 15 is 0 Å². The third-order valence-corrected chi connectivity index (χ3v) is 3.03. The minimum atomic E-state index is 0.433. The molecule has 2 N–H and O–H groups in total. The lowest BCUT2D eigenvalue weighted by Crippen LogP contribution is -1.96. The van der Waals surface area contributed by atoms with E-state index in [1.807, 2.05) is 19.9 Å². The molecule has 0 aliphatic rings. The zero-order valence-corrected chi connectivity index (χ0v) is 10.8. The van der Waals surface area contributed by atoms with Crippen molar-refractivity contribution in [3.05, 3.63) is 35.3 Å². The Hall–Kier alpha value is -2.13. The number of nitrogens with zero attached hydrogens (tertiary/aromatic N) is 4. The van der Waals surface area contributed by atoms with Gasteiger partial charge >= 0.3 is 0 Å². The average molecular weight is 257 g/mol. The van der Waals surface area contributed by atoms with Gasteiger partial charge in [0.05, 0.1) is 17.4 Å². The largest absolute Gasteiger partial charge is 0.397 e. The first-order valence-corrected chi connectivity index (χ1v) is 6.06. The molecule has 2 aromatic heterocycles. The van der Waals surface area contributed by atoms with E-state index in [0.29, 0.717) is 21.4 Å². The van der Waals surface area contributed by atoms with Crippen LogP contribution in [0.25, 0.3) is 0 Å². The van der Waals surface area contributed by atoms with Gasteiger partial charge in [-0.15, -0.1) is 0 Å². The maximum Gasteiger partial charge on any atom is 0.194 e. The van der Waals surface area contributed by atoms with Crippen molar-refractivity contribution in [1.29, 1.82) is 5.26 Å². The summed E-state index contributed by atoms with van der Waals surface area (Å²) in [6, 6.07) is 5.56. The number of nitrogen functional groups attached to an aromatic ring is 1. The van der Waals surface area contributed by atoms with Crippen molar-refractivity contribution in [3.63, 3.8) is 0 Å². The third kappa shape index (κ3) is 2.76. The van der Waals surface area contributed by atoms with Crippen LogP contribution in [0, 0.1) is 25.2 Å². The van der Waals surface area contributed by atoms with E-state index in [1.165, 1.54) is 18.0 Å². The summed E-state index contributed by atoms with van der Waals surface area (Å²) in [6.07, 6.45) is 1.52. The van der Waals surface area contributed by atoms with Gasteiger partial charge in [-0.05, 0) is 37.7 Å². The van der Waals surface area contributed by atoms with E-state index in [-0.39, 0.29) is 0 Å². The Balaban J connectivity index is 2.37. The van der Waals surface area contributed by atoms with Crippen molar-refractivity contribution >= 4 is 17.4 Å². The maximum atomic E-state index is 9.03. The Bertz CT molecular complexity index is 613. The third-order valence-electron chi connectivity index (χ3n) is 2.14. The molecule has 0 aliphatic heterocycles. The highest BCUT2D eigenvalue weighted by atomic mass is 32.2. The minimum Gasteiger partial charge on any atom is -0.397 e. The van der Waals surface area contributed by atoms with Crippen LogP contribution in [0.5, 0.6) is 0 Å². The van der Waals surface area contributed by atoms with Crippen molar-refractivity contribution in [2.45, 2.75) is 24.0 Å². The molecule has 5 nitrogen and oxygen atoms in total. The molecule has 0 atom stereocenters. The predicted octanol–water partition coefficient (Wildman–Crippen LogP) is 2.09. The number of hydrogen-bond donors (Lipinski definition) is 1. The lowest BCUT2D eigenvalue weighted by molar-refractivity contribution is 0.898. The molecular weight excluding hydrogens is 246 g/mol. The molecule has 0 saturated heterocycles. The van der Waals surface area contributed by atoms with Gasteiger partial charge in [-0.1, -0.05) is 0 Å². The highest BCUT2D eigenvalue weighted by molar-refractivity contribution is 7.99. The van der Waals surface area contributed by atoms with E-state index in [1.54, 1.807) is 6.07 Å². The van der Waals surface area contributed by atoms with Crippen molar-refractivity contribution in [3.8, 4) is 6.07 Å². The summed E-state index contributed by atoms with van der Waals surface area (Å²) in [5.41, 5.74) is 8.27. The van der Waals surface area contributed by atoms with Crippen LogP contribution < -0.4 is 5.73 Å². The van der Waals surface area contributed by atoms with Gasteiger partial charge in [0.25, 0.3) is 0 Å². The van der Waals surface area contributed by atoms with Gasteiger partial charge in [-0.2, -0.15) is 5.26 Å². The summed E-state index contributed by atoms with van der Waals surface area (Å²) in [7, 11) is 0. The van der Waals surface area contributed by atoms with Crippen molar-refractivity contribution in [2.75, 3.05) is 5.73 Å². The van der Waals surface area contributed by atoms with E-state index < -0.39 is 0 Å². The Kier molecular flexibility index (Phi) is 3.44. The second-order valence-corrected chi connectivity index (χ2v) is 4.72. The first-order chi connectivity index (χ1) is 8.58. The monoisotopic (exact) mass is 257 g/mol. The zero-order valence-electron chi connectivity index (χ0n) is 10.0. The molecule has 0 spiro atoms. The van der Waals surface area contributed by atoms with Gasteiger partial charge in [-0.25, -0.2) is 15.0 Å². The lowest BCUT2D eigenvalue weighted by atomic mass is 10.3. The Morgan fingerprint density at radius 3 is 2.50 bits per heavy atom. The molecule has 2 heterocycles. The molecule has 0 unspecified atom stereocenters. The second kappa shape index (κ2) is 5.02. The molecule has 18 heavy (non-hydrogen) atoms. The van der Waals surface area contributed by atoms with Gasteiger partial charge in [0, 0.05) is 11.4 Å². The predicted molar refractivity (Wildman–Crippen MR) is 69.0 cm³/mol. The molecular formula is C12H11N5S. The molecule has 0 amide bonds. The van der Waals surface area contributed by atoms with Crippen LogP contribution in [0.1, 0.15) is 17.0 Å². The first-order valence-electron chi connectivity index (χ1n) is 5.24. The molecule has 0 aliphatic carbocycles. The van der Waals surface area contributed by atoms with Crippen molar-refractivity contribution in [1.82, 2.24) is 15.0 Å². The van der Waals surface area contributed by atoms with Crippen LogP contribution >= 0.6 is 11.8 Å². The van der Waals surface area contributed by atoms with E-state index in [0.717, 1.165) is 11.4 Å². The summed E-state index contributed by atoms with van der Waals surface area (Å²) < 4.78 is 0. The van der Waals surface area contributed by atoms with E-state index in [9.17, 15) is 0 Å². The Morgan fingerprint density at radius 1 is 1.22 bits per heavy atom. The van der Waals surface area contributed by atoms with Crippen LogP contribution in [0.4, 0.5) is 5.69 Å². The van der Waals surface area contributed by atoms with Gasteiger partial charge in [0.1, 0.15) is 11.1 Å². The fourth-order valence-electron chi connectivity index (χ4n) is 1.46. The highest BCUT2D eigenvalue weighted by Gasteiger charge is 2.09. The molecule has 2 rings (SSSR count). The number of pyridine rings is 1. The first kappa shape index (κ1) is 12.3. The lowest BCUT2D eigenvalue weighted by Gasteiger charge is -2.04. The Labute approximate surface area is 109 Å². The van der Waals surface area contributed by atoms with Crippen molar-refractivity contribution < 1.29 is 0 Å². The summed E-state index contributed by atoms with van der Waals surface area (Å²) in [5.74, 6) is 0. The average Bonchev–Trinajstić information content (AvgIpc) is 2.30. The van der Waals surface area contributed by atoms with E-state index in [2.05, 4.69) is 21.0 Å². The number of aromatic nitrogens is 3. The number of rotatable bonds is 2. The topological polar surface area (TPSA) is 88.5 Å². The molecule has 0 saturated carbocycles. The zero-order chi connectivity index (χ0) is 13.1. The number of nitriles is 1. The number of anilines is 1.